The molecule has 14 rings (SSSR count). The van der Waals surface area contributed by atoms with Crippen LogP contribution in [0.5, 0.6) is 0 Å². The standard InChI is InChI=1S/C68H43N3/c1-3-17-49(18-4-1)68-69-62(43-63(70-68)59-27-15-29-65-67(59)60-26-13-14-28-64(60)71(65)51-20-5-2-6-21-51)48-36-32-45(33-37-48)44-30-34-47(35-31-44)53-40-41-57(56-25-12-11-24-55(53)56)66-54-23-10-8-19-50(54)42-61-52-22-9-7-16-46(52)38-39-58(61)66/h1-43H. The molecule has 0 unspecified atom stereocenters. The van der Waals surface area contributed by atoms with Gasteiger partial charge in [-0.25, -0.2) is 9.97 Å². The van der Waals surface area contributed by atoms with E-state index in [-0.39, 0.29) is 0 Å². The number of para-hydroxylation sites is 2. The molecule has 330 valence electrons. The summed E-state index contributed by atoms with van der Waals surface area (Å²) in [6, 6.07) is 94.2. The van der Waals surface area contributed by atoms with E-state index in [2.05, 4.69) is 247 Å². The summed E-state index contributed by atoms with van der Waals surface area (Å²) in [6.07, 6.45) is 0. The van der Waals surface area contributed by atoms with Gasteiger partial charge in [-0.3, -0.25) is 0 Å². The van der Waals surface area contributed by atoms with Crippen LogP contribution in [0.3, 0.4) is 0 Å². The van der Waals surface area contributed by atoms with Crippen molar-refractivity contribution >= 4 is 64.9 Å². The summed E-state index contributed by atoms with van der Waals surface area (Å²) in [6.45, 7) is 0. The number of nitrogens with zero attached hydrogens (tertiary/aromatic N) is 3. The highest BCUT2D eigenvalue weighted by Gasteiger charge is 2.20. The first kappa shape index (κ1) is 40.6. The summed E-state index contributed by atoms with van der Waals surface area (Å²) < 4.78 is 2.35. The average Bonchev–Trinajstić information content (AvgIpc) is 3.79. The van der Waals surface area contributed by atoms with Crippen molar-refractivity contribution in [3.63, 3.8) is 0 Å². The predicted molar refractivity (Wildman–Crippen MR) is 299 cm³/mol. The topological polar surface area (TPSA) is 30.7 Å². The third kappa shape index (κ3) is 6.82. The minimum Gasteiger partial charge on any atom is -0.309 e. The molecule has 2 aromatic heterocycles. The molecule has 0 amide bonds. The molecule has 3 heteroatoms. The summed E-state index contributed by atoms with van der Waals surface area (Å²) in [7, 11) is 0. The summed E-state index contributed by atoms with van der Waals surface area (Å²) >= 11 is 0. The Kier molecular flexibility index (Phi) is 9.53. The quantitative estimate of drug-likeness (QED) is 0.118. The smallest absolute Gasteiger partial charge is 0.160 e. The zero-order chi connectivity index (χ0) is 46.8. The Morgan fingerprint density at radius 1 is 0.268 bits per heavy atom. The average molecular weight is 902 g/mol. The molecule has 0 aliphatic heterocycles. The Balaban J connectivity index is 0.831. The molecule has 3 nitrogen and oxygen atoms in total. The van der Waals surface area contributed by atoms with Gasteiger partial charge in [-0.2, -0.15) is 0 Å². The third-order valence-electron chi connectivity index (χ3n) is 14.4. The Hall–Kier alpha value is -9.44. The number of benzene rings is 12. The minimum absolute atomic E-state index is 0.696. The fourth-order valence-corrected chi connectivity index (χ4v) is 11.1. The summed E-state index contributed by atoms with van der Waals surface area (Å²) in [4.78, 5) is 10.5. The van der Waals surface area contributed by atoms with Crippen LogP contribution >= 0.6 is 0 Å². The lowest BCUT2D eigenvalue weighted by Gasteiger charge is -2.17. The zero-order valence-corrected chi connectivity index (χ0v) is 38.7. The van der Waals surface area contributed by atoms with Crippen molar-refractivity contribution in [2.75, 3.05) is 0 Å². The highest BCUT2D eigenvalue weighted by Crippen LogP contribution is 2.45. The molecule has 0 atom stereocenters. The molecular formula is C68H43N3. The van der Waals surface area contributed by atoms with Crippen molar-refractivity contribution in [3.8, 4) is 73.0 Å². The van der Waals surface area contributed by atoms with Crippen molar-refractivity contribution in [1.82, 2.24) is 14.5 Å². The molecule has 0 saturated heterocycles. The first-order valence-corrected chi connectivity index (χ1v) is 24.3. The van der Waals surface area contributed by atoms with Crippen LogP contribution in [0.2, 0.25) is 0 Å². The Labute approximate surface area is 411 Å². The minimum atomic E-state index is 0.696. The molecule has 0 radical (unpaired) electrons. The Morgan fingerprint density at radius 2 is 0.831 bits per heavy atom. The number of hydrogen-bond acceptors (Lipinski definition) is 2. The van der Waals surface area contributed by atoms with E-state index in [0.29, 0.717) is 5.82 Å². The van der Waals surface area contributed by atoms with Gasteiger partial charge < -0.3 is 4.57 Å². The molecule has 2 heterocycles. The van der Waals surface area contributed by atoms with Gasteiger partial charge >= 0.3 is 0 Å². The lowest BCUT2D eigenvalue weighted by atomic mass is 9.86. The van der Waals surface area contributed by atoms with Gasteiger partial charge in [-0.15, -0.1) is 0 Å². The van der Waals surface area contributed by atoms with Gasteiger partial charge in [0.15, 0.2) is 5.82 Å². The lowest BCUT2D eigenvalue weighted by molar-refractivity contribution is 1.18. The fourth-order valence-electron chi connectivity index (χ4n) is 11.1. The van der Waals surface area contributed by atoms with E-state index < -0.39 is 0 Å². The van der Waals surface area contributed by atoms with Crippen LogP contribution in [0, 0.1) is 0 Å². The highest BCUT2D eigenvalue weighted by atomic mass is 15.0. The third-order valence-corrected chi connectivity index (χ3v) is 14.4. The molecule has 0 aliphatic rings. The molecule has 0 saturated carbocycles. The van der Waals surface area contributed by atoms with Crippen LogP contribution in [0.15, 0.2) is 261 Å². The van der Waals surface area contributed by atoms with Crippen molar-refractivity contribution in [2.24, 2.45) is 0 Å². The SMILES string of the molecule is c1ccc(-c2nc(-c3ccc(-c4ccc(-c5ccc(-c6c7ccccc7cc7c6ccc6ccccc67)c6ccccc56)cc4)cc3)cc(-c3cccc4c3c3ccccc3n4-c3ccccc3)n2)cc1. The molecular weight excluding hydrogens is 859 g/mol. The molecule has 12 aromatic carbocycles. The van der Waals surface area contributed by atoms with Crippen LogP contribution in [0.4, 0.5) is 0 Å². The van der Waals surface area contributed by atoms with E-state index in [1.54, 1.807) is 0 Å². The van der Waals surface area contributed by atoms with Crippen LogP contribution in [0.1, 0.15) is 0 Å². The Morgan fingerprint density at radius 3 is 1.59 bits per heavy atom. The van der Waals surface area contributed by atoms with Crippen molar-refractivity contribution in [2.45, 2.75) is 0 Å². The first-order chi connectivity index (χ1) is 35.2. The van der Waals surface area contributed by atoms with Gasteiger partial charge in [0, 0.05) is 33.2 Å². The molecule has 0 N–H and O–H groups in total. The van der Waals surface area contributed by atoms with E-state index in [1.165, 1.54) is 76.1 Å². The maximum atomic E-state index is 5.29. The summed E-state index contributed by atoms with van der Waals surface area (Å²) in [5, 5.41) is 12.4. The molecule has 71 heavy (non-hydrogen) atoms. The molecule has 0 fully saturated rings. The maximum absolute atomic E-state index is 5.29. The van der Waals surface area contributed by atoms with Crippen LogP contribution in [0.25, 0.3) is 138 Å². The van der Waals surface area contributed by atoms with Gasteiger partial charge in [-0.1, -0.05) is 224 Å². The molecule has 0 bridgehead atoms. The van der Waals surface area contributed by atoms with E-state index in [1.807, 2.05) is 18.2 Å². The van der Waals surface area contributed by atoms with Gasteiger partial charge in [0.05, 0.1) is 22.4 Å². The normalized spacial score (nSPS) is 11.7. The molecule has 0 spiro atoms. The van der Waals surface area contributed by atoms with Crippen molar-refractivity contribution in [3.05, 3.63) is 261 Å². The predicted octanol–water partition coefficient (Wildman–Crippen LogP) is 18.2. The Bertz CT molecular complexity index is 4360. The zero-order valence-electron chi connectivity index (χ0n) is 38.7. The van der Waals surface area contributed by atoms with Crippen LogP contribution < -0.4 is 0 Å². The van der Waals surface area contributed by atoms with Crippen LogP contribution in [-0.2, 0) is 0 Å². The first-order valence-electron chi connectivity index (χ1n) is 24.3. The largest absolute Gasteiger partial charge is 0.309 e. The van der Waals surface area contributed by atoms with Gasteiger partial charge in [0.25, 0.3) is 0 Å². The van der Waals surface area contributed by atoms with Gasteiger partial charge in [-0.05, 0) is 113 Å². The van der Waals surface area contributed by atoms with E-state index >= 15 is 0 Å². The monoisotopic (exact) mass is 901 g/mol. The second-order valence-electron chi connectivity index (χ2n) is 18.4. The number of aromatic nitrogens is 3. The fraction of sp³-hybridized carbons (Fsp3) is 0. The number of fused-ring (bicyclic) bond motifs is 8. The van der Waals surface area contributed by atoms with E-state index in [0.717, 1.165) is 55.9 Å². The maximum Gasteiger partial charge on any atom is 0.160 e. The van der Waals surface area contributed by atoms with Crippen molar-refractivity contribution < 1.29 is 0 Å². The summed E-state index contributed by atoms with van der Waals surface area (Å²) in [5.74, 6) is 0.696. The number of rotatable bonds is 7. The second-order valence-corrected chi connectivity index (χ2v) is 18.4. The van der Waals surface area contributed by atoms with E-state index in [9.17, 15) is 0 Å². The second kappa shape index (κ2) is 16.7. The number of hydrogen-bond donors (Lipinski definition) is 0. The highest BCUT2D eigenvalue weighted by molar-refractivity contribution is 6.23. The molecule has 0 aliphatic carbocycles. The van der Waals surface area contributed by atoms with E-state index in [4.69, 9.17) is 9.97 Å². The summed E-state index contributed by atoms with van der Waals surface area (Å²) in [5.41, 5.74) is 15.5. The van der Waals surface area contributed by atoms with Gasteiger partial charge in [0.2, 0.25) is 0 Å². The van der Waals surface area contributed by atoms with Gasteiger partial charge in [0.1, 0.15) is 0 Å². The lowest BCUT2D eigenvalue weighted by Crippen LogP contribution is -1.96. The molecule has 14 aromatic rings. The van der Waals surface area contributed by atoms with Crippen LogP contribution in [-0.4, -0.2) is 14.5 Å². The van der Waals surface area contributed by atoms with Crippen molar-refractivity contribution in [1.29, 1.82) is 0 Å².